The van der Waals surface area contributed by atoms with Gasteiger partial charge in [-0.05, 0) is 57.4 Å². The predicted molar refractivity (Wildman–Crippen MR) is 85.9 cm³/mol. The van der Waals surface area contributed by atoms with Crippen LogP contribution in [0.1, 0.15) is 51.7 Å². The quantitative estimate of drug-likeness (QED) is 0.709. The molecule has 0 aliphatic heterocycles. The van der Waals surface area contributed by atoms with Crippen LogP contribution in [-0.4, -0.2) is 19.1 Å². The second-order valence-electron chi connectivity index (χ2n) is 5.34. The van der Waals surface area contributed by atoms with Gasteiger partial charge in [0, 0.05) is 24.8 Å². The molecule has 0 radical (unpaired) electrons. The summed E-state index contributed by atoms with van der Waals surface area (Å²) in [7, 11) is 0. The van der Waals surface area contributed by atoms with Gasteiger partial charge in [-0.3, -0.25) is 0 Å². The molecule has 0 saturated carbocycles. The predicted octanol–water partition coefficient (Wildman–Crippen LogP) is 4.12. The van der Waals surface area contributed by atoms with Crippen molar-refractivity contribution in [2.75, 3.05) is 18.0 Å². The summed E-state index contributed by atoms with van der Waals surface area (Å²) in [6.07, 6.45) is 2.38. The van der Waals surface area contributed by atoms with Gasteiger partial charge in [0.15, 0.2) is 0 Å². The van der Waals surface area contributed by atoms with Crippen molar-refractivity contribution >= 4 is 5.69 Å². The SMILES string of the molecule is CCCNCc1ccc(N(CC)C(C)CC)c(C)c1. The zero-order valence-electron chi connectivity index (χ0n) is 13.3. The first kappa shape index (κ1) is 16.0. The number of aryl methyl sites for hydroxylation is 1. The summed E-state index contributed by atoms with van der Waals surface area (Å²) in [6.45, 7) is 14.4. The van der Waals surface area contributed by atoms with Crippen molar-refractivity contribution in [1.82, 2.24) is 5.32 Å². The van der Waals surface area contributed by atoms with Gasteiger partial charge in [-0.1, -0.05) is 26.0 Å². The van der Waals surface area contributed by atoms with Crippen LogP contribution in [-0.2, 0) is 6.54 Å². The maximum Gasteiger partial charge on any atom is 0.0398 e. The lowest BCUT2D eigenvalue weighted by Gasteiger charge is -2.31. The van der Waals surface area contributed by atoms with Gasteiger partial charge in [0.05, 0.1) is 0 Å². The highest BCUT2D eigenvalue weighted by Gasteiger charge is 2.13. The molecule has 2 nitrogen and oxygen atoms in total. The van der Waals surface area contributed by atoms with Gasteiger partial charge in [-0.15, -0.1) is 0 Å². The Labute approximate surface area is 119 Å². The maximum absolute atomic E-state index is 3.46. The molecule has 1 N–H and O–H groups in total. The molecule has 1 atom stereocenters. The van der Waals surface area contributed by atoms with Gasteiger partial charge < -0.3 is 10.2 Å². The van der Waals surface area contributed by atoms with E-state index in [0.717, 1.165) is 19.6 Å². The molecule has 2 heteroatoms. The van der Waals surface area contributed by atoms with Crippen LogP contribution in [0.2, 0.25) is 0 Å². The third-order valence-corrected chi connectivity index (χ3v) is 3.79. The van der Waals surface area contributed by atoms with Gasteiger partial charge in [0.25, 0.3) is 0 Å². The minimum absolute atomic E-state index is 0.604. The van der Waals surface area contributed by atoms with Crippen molar-refractivity contribution in [2.45, 2.75) is 60.0 Å². The topological polar surface area (TPSA) is 15.3 Å². The molecule has 0 bridgehead atoms. The van der Waals surface area contributed by atoms with E-state index in [1.807, 2.05) is 0 Å². The van der Waals surface area contributed by atoms with E-state index >= 15 is 0 Å². The number of benzene rings is 1. The summed E-state index contributed by atoms with van der Waals surface area (Å²) in [5, 5.41) is 3.46. The lowest BCUT2D eigenvalue weighted by atomic mass is 10.1. The Balaban J connectivity index is 2.80. The molecule has 108 valence electrons. The van der Waals surface area contributed by atoms with Gasteiger partial charge in [-0.25, -0.2) is 0 Å². The zero-order valence-corrected chi connectivity index (χ0v) is 13.3. The number of nitrogens with one attached hydrogen (secondary N) is 1. The highest BCUT2D eigenvalue weighted by atomic mass is 15.1. The van der Waals surface area contributed by atoms with Crippen molar-refractivity contribution in [1.29, 1.82) is 0 Å². The lowest BCUT2D eigenvalue weighted by molar-refractivity contribution is 0.628. The first-order valence-corrected chi connectivity index (χ1v) is 7.70. The molecule has 0 amide bonds. The molecule has 1 aromatic rings. The average molecular weight is 262 g/mol. The fourth-order valence-electron chi connectivity index (χ4n) is 2.50. The van der Waals surface area contributed by atoms with Crippen LogP contribution in [0.4, 0.5) is 5.69 Å². The summed E-state index contributed by atoms with van der Waals surface area (Å²) in [6, 6.07) is 7.47. The number of rotatable bonds is 8. The third-order valence-electron chi connectivity index (χ3n) is 3.79. The van der Waals surface area contributed by atoms with E-state index in [-0.39, 0.29) is 0 Å². The number of anilines is 1. The number of hydrogen-bond donors (Lipinski definition) is 1. The molecular formula is C17H30N2. The van der Waals surface area contributed by atoms with Gasteiger partial charge >= 0.3 is 0 Å². The van der Waals surface area contributed by atoms with Gasteiger partial charge in [-0.2, -0.15) is 0 Å². The molecule has 0 aliphatic rings. The minimum Gasteiger partial charge on any atom is -0.369 e. The van der Waals surface area contributed by atoms with Crippen LogP contribution >= 0.6 is 0 Å². The smallest absolute Gasteiger partial charge is 0.0398 e. The largest absolute Gasteiger partial charge is 0.369 e. The van der Waals surface area contributed by atoms with Crippen LogP contribution in [0.5, 0.6) is 0 Å². The van der Waals surface area contributed by atoms with Crippen LogP contribution in [0, 0.1) is 6.92 Å². The van der Waals surface area contributed by atoms with Crippen LogP contribution in [0.3, 0.4) is 0 Å². The minimum atomic E-state index is 0.604. The molecule has 1 unspecified atom stereocenters. The Morgan fingerprint density at radius 3 is 2.47 bits per heavy atom. The summed E-state index contributed by atoms with van der Waals surface area (Å²) in [5.74, 6) is 0. The Bertz CT molecular complexity index is 374. The second-order valence-corrected chi connectivity index (χ2v) is 5.34. The fraction of sp³-hybridized carbons (Fsp3) is 0.647. The normalized spacial score (nSPS) is 12.5. The van der Waals surface area contributed by atoms with Crippen LogP contribution < -0.4 is 10.2 Å². The van der Waals surface area contributed by atoms with Crippen molar-refractivity contribution in [3.63, 3.8) is 0 Å². The van der Waals surface area contributed by atoms with E-state index in [4.69, 9.17) is 0 Å². The van der Waals surface area contributed by atoms with Crippen molar-refractivity contribution in [2.24, 2.45) is 0 Å². The molecule has 0 fully saturated rings. The standard InChI is InChI=1S/C17H30N2/c1-6-11-18-13-16-9-10-17(14(4)12-16)19(8-3)15(5)7-2/h9-10,12,15,18H,6-8,11,13H2,1-5H3. The summed E-state index contributed by atoms with van der Waals surface area (Å²) < 4.78 is 0. The molecule has 0 aromatic heterocycles. The molecule has 0 aliphatic carbocycles. The fourth-order valence-corrected chi connectivity index (χ4v) is 2.50. The Kier molecular flexibility index (Phi) is 6.93. The Morgan fingerprint density at radius 2 is 1.95 bits per heavy atom. The molecule has 19 heavy (non-hydrogen) atoms. The first-order chi connectivity index (χ1) is 9.13. The number of hydrogen-bond acceptors (Lipinski definition) is 2. The summed E-state index contributed by atoms with van der Waals surface area (Å²) in [5.41, 5.74) is 4.16. The molecule has 0 saturated heterocycles. The van der Waals surface area contributed by atoms with E-state index < -0.39 is 0 Å². The average Bonchev–Trinajstić information content (AvgIpc) is 2.41. The molecule has 0 heterocycles. The lowest BCUT2D eigenvalue weighted by Crippen LogP contribution is -2.32. The second kappa shape index (κ2) is 8.21. The molecular weight excluding hydrogens is 232 g/mol. The highest BCUT2D eigenvalue weighted by molar-refractivity contribution is 5.55. The van der Waals surface area contributed by atoms with Crippen molar-refractivity contribution in [3.8, 4) is 0 Å². The summed E-state index contributed by atoms with van der Waals surface area (Å²) >= 11 is 0. The maximum atomic E-state index is 3.46. The number of nitrogens with zero attached hydrogens (tertiary/aromatic N) is 1. The molecule has 1 rings (SSSR count). The monoisotopic (exact) mass is 262 g/mol. The molecule has 1 aromatic carbocycles. The first-order valence-electron chi connectivity index (χ1n) is 7.70. The van der Waals surface area contributed by atoms with E-state index in [1.165, 1.54) is 29.7 Å². The molecule has 0 spiro atoms. The van der Waals surface area contributed by atoms with E-state index in [9.17, 15) is 0 Å². The summed E-state index contributed by atoms with van der Waals surface area (Å²) in [4.78, 5) is 2.50. The van der Waals surface area contributed by atoms with Crippen LogP contribution in [0.25, 0.3) is 0 Å². The van der Waals surface area contributed by atoms with Crippen LogP contribution in [0.15, 0.2) is 18.2 Å². The van der Waals surface area contributed by atoms with Gasteiger partial charge in [0.1, 0.15) is 0 Å². The van der Waals surface area contributed by atoms with E-state index in [1.54, 1.807) is 0 Å². The van der Waals surface area contributed by atoms with Gasteiger partial charge in [0.2, 0.25) is 0 Å². The highest BCUT2D eigenvalue weighted by Crippen LogP contribution is 2.24. The zero-order chi connectivity index (χ0) is 14.3. The third kappa shape index (κ3) is 4.54. The van der Waals surface area contributed by atoms with Crippen molar-refractivity contribution in [3.05, 3.63) is 29.3 Å². The van der Waals surface area contributed by atoms with Crippen molar-refractivity contribution < 1.29 is 0 Å². The van der Waals surface area contributed by atoms with E-state index in [0.29, 0.717) is 6.04 Å². The van der Waals surface area contributed by atoms with E-state index in [2.05, 4.69) is 63.0 Å². The Morgan fingerprint density at radius 1 is 1.21 bits per heavy atom. The Hall–Kier alpha value is -1.02.